The van der Waals surface area contributed by atoms with Crippen LogP contribution in [-0.4, -0.2) is 29.4 Å². The molecule has 4 nitrogen and oxygen atoms in total. The number of aryl methyl sites for hydroxylation is 2. The molecule has 0 bridgehead atoms. The maximum absolute atomic E-state index is 12.0. The van der Waals surface area contributed by atoms with Gasteiger partial charge in [0.1, 0.15) is 5.76 Å². The third kappa shape index (κ3) is 4.66. The summed E-state index contributed by atoms with van der Waals surface area (Å²) in [4.78, 5) is 18.3. The predicted molar refractivity (Wildman–Crippen MR) is 80.8 cm³/mol. The lowest BCUT2D eigenvalue weighted by molar-refractivity contribution is -0.130. The molecule has 0 aliphatic carbocycles. The van der Waals surface area contributed by atoms with E-state index in [1.165, 1.54) is 0 Å². The number of carbonyl (C=O) groups is 1. The number of unbranched alkanes of at least 4 members (excludes halogenated alkanes) is 1. The summed E-state index contributed by atoms with van der Waals surface area (Å²) in [5.41, 5.74) is 0.809. The maximum Gasteiger partial charge on any atom is 0.222 e. The Morgan fingerprint density at radius 1 is 1.35 bits per heavy atom. The van der Waals surface area contributed by atoms with E-state index in [0.717, 1.165) is 36.7 Å². The lowest BCUT2D eigenvalue weighted by atomic mass is 9.97. The number of hydrogen-bond donors (Lipinski definition) is 0. The number of nitrogens with zero attached hydrogens (tertiary/aromatic N) is 2. The largest absolute Gasteiger partial charge is 0.445 e. The lowest BCUT2D eigenvalue weighted by Crippen LogP contribution is -2.27. The zero-order valence-corrected chi connectivity index (χ0v) is 13.7. The molecular formula is C16H28N2O2. The highest BCUT2D eigenvalue weighted by Gasteiger charge is 2.22. The highest BCUT2D eigenvalue weighted by atomic mass is 16.4. The summed E-state index contributed by atoms with van der Waals surface area (Å²) in [6.45, 7) is 11.1. The molecule has 1 rings (SSSR count). The zero-order valence-electron chi connectivity index (χ0n) is 13.7. The van der Waals surface area contributed by atoms with Crippen molar-refractivity contribution in [2.45, 2.75) is 65.7 Å². The minimum absolute atomic E-state index is 0.0923. The van der Waals surface area contributed by atoms with Crippen molar-refractivity contribution in [3.8, 4) is 0 Å². The van der Waals surface area contributed by atoms with E-state index in [0.29, 0.717) is 12.8 Å². The van der Waals surface area contributed by atoms with Crippen LogP contribution < -0.4 is 0 Å². The van der Waals surface area contributed by atoms with Crippen molar-refractivity contribution in [1.29, 1.82) is 0 Å². The minimum atomic E-state index is -0.0923. The van der Waals surface area contributed by atoms with Gasteiger partial charge < -0.3 is 9.32 Å². The van der Waals surface area contributed by atoms with Crippen molar-refractivity contribution in [1.82, 2.24) is 9.88 Å². The van der Waals surface area contributed by atoms with Gasteiger partial charge in [0.25, 0.3) is 0 Å². The number of amides is 1. The standard InChI is InChI=1S/C16H28N2O2/c1-7-8-11-18(6)14(19)10-9-13-12(2)17-15(20-13)16(3,4)5/h7-11H2,1-6H3. The fourth-order valence-electron chi connectivity index (χ4n) is 1.91. The quantitative estimate of drug-likeness (QED) is 0.801. The van der Waals surface area contributed by atoms with Crippen molar-refractivity contribution in [2.75, 3.05) is 13.6 Å². The van der Waals surface area contributed by atoms with Crippen molar-refractivity contribution in [3.05, 3.63) is 17.3 Å². The zero-order chi connectivity index (χ0) is 15.3. The van der Waals surface area contributed by atoms with Gasteiger partial charge in [-0.05, 0) is 13.3 Å². The van der Waals surface area contributed by atoms with Gasteiger partial charge in [-0.1, -0.05) is 34.1 Å². The molecule has 0 unspecified atom stereocenters. The molecule has 0 N–H and O–H groups in total. The van der Waals surface area contributed by atoms with Gasteiger partial charge in [-0.2, -0.15) is 0 Å². The summed E-state index contributed by atoms with van der Waals surface area (Å²) in [6, 6.07) is 0. The molecule has 4 heteroatoms. The number of hydrogen-bond acceptors (Lipinski definition) is 3. The van der Waals surface area contributed by atoms with Crippen LogP contribution in [0.4, 0.5) is 0 Å². The monoisotopic (exact) mass is 280 g/mol. The van der Waals surface area contributed by atoms with E-state index in [4.69, 9.17) is 4.42 Å². The summed E-state index contributed by atoms with van der Waals surface area (Å²) < 4.78 is 5.81. The summed E-state index contributed by atoms with van der Waals surface area (Å²) in [5.74, 6) is 1.76. The van der Waals surface area contributed by atoms with Crippen LogP contribution in [0.1, 0.15) is 64.3 Å². The number of carbonyl (C=O) groups excluding carboxylic acids is 1. The summed E-state index contributed by atoms with van der Waals surface area (Å²) in [6.07, 6.45) is 3.27. The Morgan fingerprint density at radius 3 is 2.50 bits per heavy atom. The van der Waals surface area contributed by atoms with Gasteiger partial charge >= 0.3 is 0 Å². The van der Waals surface area contributed by atoms with E-state index in [9.17, 15) is 4.79 Å². The highest BCUT2D eigenvalue weighted by molar-refractivity contribution is 5.76. The first-order valence-electron chi connectivity index (χ1n) is 7.46. The second kappa shape index (κ2) is 6.91. The van der Waals surface area contributed by atoms with E-state index in [1.54, 1.807) is 4.90 Å². The van der Waals surface area contributed by atoms with Gasteiger partial charge in [-0.15, -0.1) is 0 Å². The van der Waals surface area contributed by atoms with Crippen LogP contribution in [0, 0.1) is 6.92 Å². The Labute approximate surface area is 122 Å². The van der Waals surface area contributed by atoms with Crippen LogP contribution in [0.3, 0.4) is 0 Å². The van der Waals surface area contributed by atoms with Crippen molar-refractivity contribution in [3.63, 3.8) is 0 Å². The molecule has 0 saturated carbocycles. The molecule has 0 atom stereocenters. The molecule has 1 amide bonds. The van der Waals surface area contributed by atoms with Crippen molar-refractivity contribution >= 4 is 5.91 Å². The normalized spacial score (nSPS) is 11.7. The Balaban J connectivity index is 2.58. The SMILES string of the molecule is CCCCN(C)C(=O)CCc1oc(C(C)(C)C)nc1C. The van der Waals surface area contributed by atoms with E-state index >= 15 is 0 Å². The van der Waals surface area contributed by atoms with E-state index in [1.807, 2.05) is 14.0 Å². The fourth-order valence-corrected chi connectivity index (χ4v) is 1.91. The molecule has 0 aliphatic heterocycles. The van der Waals surface area contributed by atoms with Gasteiger partial charge in [-0.25, -0.2) is 4.98 Å². The summed E-state index contributed by atoms with van der Waals surface area (Å²) in [5, 5.41) is 0. The summed E-state index contributed by atoms with van der Waals surface area (Å²) in [7, 11) is 1.87. The van der Waals surface area contributed by atoms with Crippen LogP contribution >= 0.6 is 0 Å². The Hall–Kier alpha value is -1.32. The van der Waals surface area contributed by atoms with Gasteiger partial charge in [-0.3, -0.25) is 4.79 Å². The molecule has 0 aromatic carbocycles. The van der Waals surface area contributed by atoms with Crippen molar-refractivity contribution < 1.29 is 9.21 Å². The fraction of sp³-hybridized carbons (Fsp3) is 0.750. The molecule has 0 aliphatic rings. The minimum Gasteiger partial charge on any atom is -0.445 e. The highest BCUT2D eigenvalue weighted by Crippen LogP contribution is 2.24. The third-order valence-electron chi connectivity index (χ3n) is 3.37. The summed E-state index contributed by atoms with van der Waals surface area (Å²) >= 11 is 0. The molecule has 0 saturated heterocycles. The molecule has 20 heavy (non-hydrogen) atoms. The molecule has 0 spiro atoms. The van der Waals surface area contributed by atoms with Crippen molar-refractivity contribution in [2.24, 2.45) is 0 Å². The molecule has 1 aromatic heterocycles. The molecular weight excluding hydrogens is 252 g/mol. The number of aromatic nitrogens is 1. The predicted octanol–water partition coefficient (Wildman–Crippen LogP) is 3.47. The van der Waals surface area contributed by atoms with E-state index in [2.05, 4.69) is 32.7 Å². The number of rotatable bonds is 6. The average molecular weight is 280 g/mol. The molecule has 114 valence electrons. The topological polar surface area (TPSA) is 46.3 Å². The van der Waals surface area contributed by atoms with Gasteiger partial charge in [0.15, 0.2) is 5.89 Å². The van der Waals surface area contributed by atoms with E-state index < -0.39 is 0 Å². The third-order valence-corrected chi connectivity index (χ3v) is 3.37. The smallest absolute Gasteiger partial charge is 0.222 e. The Morgan fingerprint density at radius 2 is 2.00 bits per heavy atom. The van der Waals surface area contributed by atoms with Gasteiger partial charge in [0, 0.05) is 31.8 Å². The first-order chi connectivity index (χ1) is 9.25. The average Bonchev–Trinajstić information content (AvgIpc) is 2.74. The van der Waals surface area contributed by atoms with Gasteiger partial charge in [0.2, 0.25) is 5.91 Å². The number of oxazole rings is 1. The second-order valence-electron chi connectivity index (χ2n) is 6.45. The van der Waals surface area contributed by atoms with Gasteiger partial charge in [0.05, 0.1) is 5.69 Å². The van der Waals surface area contributed by atoms with Crippen LogP contribution in [-0.2, 0) is 16.6 Å². The Kier molecular flexibility index (Phi) is 5.78. The molecule has 0 fully saturated rings. The van der Waals surface area contributed by atoms with Crippen LogP contribution in [0.5, 0.6) is 0 Å². The first-order valence-corrected chi connectivity index (χ1v) is 7.46. The molecule has 0 radical (unpaired) electrons. The molecule has 1 aromatic rings. The Bertz CT molecular complexity index is 444. The van der Waals surface area contributed by atoms with Crippen LogP contribution in [0.2, 0.25) is 0 Å². The first kappa shape index (κ1) is 16.7. The van der Waals surface area contributed by atoms with Crippen LogP contribution in [0.25, 0.3) is 0 Å². The van der Waals surface area contributed by atoms with E-state index in [-0.39, 0.29) is 11.3 Å². The van der Waals surface area contributed by atoms with Crippen LogP contribution in [0.15, 0.2) is 4.42 Å². The maximum atomic E-state index is 12.0. The lowest BCUT2D eigenvalue weighted by Gasteiger charge is -2.16. The second-order valence-corrected chi connectivity index (χ2v) is 6.45. The molecule has 1 heterocycles.